The summed E-state index contributed by atoms with van der Waals surface area (Å²) in [6, 6.07) is 7.52. The normalized spacial score (nSPS) is 10.0. The molecule has 0 bridgehead atoms. The number of rotatable bonds is 2. The number of nitrogens with one attached hydrogen (secondary N) is 2. The molecule has 0 fully saturated rings. The van der Waals surface area contributed by atoms with E-state index in [-0.39, 0.29) is 6.29 Å². The maximum absolute atomic E-state index is 10.8. The summed E-state index contributed by atoms with van der Waals surface area (Å²) in [5.41, 5.74) is 1.55. The maximum Gasteiger partial charge on any atom is 0.288 e. The molecule has 0 aliphatic rings. The van der Waals surface area contributed by atoms with Gasteiger partial charge < -0.3 is 10.3 Å². The predicted molar refractivity (Wildman–Crippen MR) is 53.0 cm³/mol. The first-order valence-electron chi connectivity index (χ1n) is 4.13. The molecule has 0 spiro atoms. The van der Waals surface area contributed by atoms with E-state index in [0.29, 0.717) is 5.69 Å². The van der Waals surface area contributed by atoms with Crippen LogP contribution in [0.1, 0.15) is 0 Å². The molecule has 0 atom stereocenters. The monoisotopic (exact) mass is 188 g/mol. The van der Waals surface area contributed by atoms with Gasteiger partial charge in [0.1, 0.15) is 0 Å². The summed E-state index contributed by atoms with van der Waals surface area (Å²) in [5, 5.41) is 3.37. The molecule has 0 unspecified atom stereocenters. The average Bonchev–Trinajstić information content (AvgIpc) is 2.62. The minimum absolute atomic E-state index is 0.252. The fraction of sp³-hybridized carbons (Fsp3) is 0. The minimum Gasteiger partial charge on any atom is -0.359 e. The average molecular weight is 188 g/mol. The van der Waals surface area contributed by atoms with Gasteiger partial charge in [0.05, 0.1) is 5.69 Å². The van der Waals surface area contributed by atoms with Gasteiger partial charge in [0.2, 0.25) is 6.29 Å². The predicted octanol–water partition coefficient (Wildman–Crippen LogP) is 1.31. The van der Waals surface area contributed by atoms with Crippen molar-refractivity contribution in [3.63, 3.8) is 0 Å². The van der Waals surface area contributed by atoms with E-state index in [9.17, 15) is 9.59 Å². The van der Waals surface area contributed by atoms with Crippen molar-refractivity contribution >= 4 is 28.8 Å². The second-order valence-corrected chi connectivity index (χ2v) is 2.86. The van der Waals surface area contributed by atoms with E-state index in [1.165, 1.54) is 0 Å². The number of H-pyrrole nitrogens is 1. The molecule has 70 valence electrons. The van der Waals surface area contributed by atoms with E-state index < -0.39 is 5.91 Å². The Bertz CT molecular complexity index is 488. The Morgan fingerprint density at radius 1 is 1.36 bits per heavy atom. The summed E-state index contributed by atoms with van der Waals surface area (Å²) in [4.78, 5) is 24.0. The van der Waals surface area contributed by atoms with Gasteiger partial charge in [-0.2, -0.15) is 0 Å². The van der Waals surface area contributed by atoms with Crippen molar-refractivity contribution in [1.82, 2.24) is 4.98 Å². The van der Waals surface area contributed by atoms with Gasteiger partial charge in [0.15, 0.2) is 0 Å². The first kappa shape index (κ1) is 8.50. The molecule has 0 aliphatic heterocycles. The van der Waals surface area contributed by atoms with Gasteiger partial charge in [-0.1, -0.05) is 18.2 Å². The van der Waals surface area contributed by atoms with Crippen molar-refractivity contribution in [2.75, 3.05) is 5.32 Å². The number of aldehydes is 1. The largest absolute Gasteiger partial charge is 0.359 e. The summed E-state index contributed by atoms with van der Waals surface area (Å²) in [7, 11) is 0. The topological polar surface area (TPSA) is 62.0 Å². The van der Waals surface area contributed by atoms with Gasteiger partial charge in [-0.05, 0) is 6.07 Å². The quantitative estimate of drug-likeness (QED) is 0.551. The van der Waals surface area contributed by atoms with Crippen LogP contribution in [0.5, 0.6) is 0 Å². The number of carbonyl (C=O) groups excluding carboxylic acids is 2. The van der Waals surface area contributed by atoms with Gasteiger partial charge in [-0.25, -0.2) is 0 Å². The van der Waals surface area contributed by atoms with Crippen LogP contribution >= 0.6 is 0 Å². The van der Waals surface area contributed by atoms with Crippen LogP contribution in [-0.2, 0) is 9.59 Å². The Kier molecular flexibility index (Phi) is 2.02. The number of hydrogen-bond donors (Lipinski definition) is 2. The lowest BCUT2D eigenvalue weighted by Gasteiger charge is -1.96. The summed E-state index contributed by atoms with van der Waals surface area (Å²) in [5.74, 6) is -0.644. The minimum atomic E-state index is -0.644. The van der Waals surface area contributed by atoms with Crippen molar-refractivity contribution < 1.29 is 9.59 Å². The first-order chi connectivity index (χ1) is 6.81. The standard InChI is InChI=1S/C10H8N2O2/c13-6-10(14)12-9-5-11-8-4-2-1-3-7(8)9/h1-6,11H,(H,12,14). The molecular weight excluding hydrogens is 180 g/mol. The van der Waals surface area contributed by atoms with E-state index in [0.717, 1.165) is 10.9 Å². The molecule has 4 nitrogen and oxygen atoms in total. The highest BCUT2D eigenvalue weighted by molar-refractivity contribution is 6.30. The van der Waals surface area contributed by atoms with Gasteiger partial charge in [-0.3, -0.25) is 9.59 Å². The molecule has 1 aromatic carbocycles. The Balaban J connectivity index is 2.43. The van der Waals surface area contributed by atoms with Crippen molar-refractivity contribution in [2.45, 2.75) is 0 Å². The molecule has 2 rings (SSSR count). The second kappa shape index (κ2) is 3.33. The highest BCUT2D eigenvalue weighted by Gasteiger charge is 2.04. The molecule has 14 heavy (non-hydrogen) atoms. The van der Waals surface area contributed by atoms with E-state index in [1.54, 1.807) is 6.20 Å². The highest BCUT2D eigenvalue weighted by atomic mass is 16.2. The zero-order chi connectivity index (χ0) is 9.97. The number of benzene rings is 1. The number of amides is 1. The molecule has 0 saturated heterocycles. The molecule has 1 heterocycles. The first-order valence-corrected chi connectivity index (χ1v) is 4.13. The van der Waals surface area contributed by atoms with Crippen molar-refractivity contribution in [3.8, 4) is 0 Å². The van der Waals surface area contributed by atoms with Crippen LogP contribution < -0.4 is 5.32 Å². The zero-order valence-corrected chi connectivity index (χ0v) is 7.28. The van der Waals surface area contributed by atoms with Gasteiger partial charge in [0.25, 0.3) is 5.91 Å². The fourth-order valence-electron chi connectivity index (χ4n) is 1.34. The number of aromatic amines is 1. The molecule has 1 aromatic heterocycles. The van der Waals surface area contributed by atoms with Crippen LogP contribution in [0.3, 0.4) is 0 Å². The molecule has 0 saturated carbocycles. The van der Waals surface area contributed by atoms with Gasteiger partial charge >= 0.3 is 0 Å². The maximum atomic E-state index is 10.8. The molecule has 2 N–H and O–H groups in total. The third-order valence-corrected chi connectivity index (χ3v) is 1.95. The second-order valence-electron chi connectivity index (χ2n) is 2.86. The zero-order valence-electron chi connectivity index (χ0n) is 7.28. The summed E-state index contributed by atoms with van der Waals surface area (Å²) in [6.45, 7) is 0. The summed E-state index contributed by atoms with van der Waals surface area (Å²) < 4.78 is 0. The number of anilines is 1. The summed E-state index contributed by atoms with van der Waals surface area (Å²) >= 11 is 0. The molecule has 0 aliphatic carbocycles. The lowest BCUT2D eigenvalue weighted by molar-refractivity contribution is -0.127. The van der Waals surface area contributed by atoms with Crippen molar-refractivity contribution in [3.05, 3.63) is 30.5 Å². The molecule has 1 amide bonds. The van der Waals surface area contributed by atoms with Gasteiger partial charge in [-0.15, -0.1) is 0 Å². The Morgan fingerprint density at radius 2 is 2.14 bits per heavy atom. The van der Waals surface area contributed by atoms with E-state index in [2.05, 4.69) is 10.3 Å². The molecule has 0 radical (unpaired) electrons. The summed E-state index contributed by atoms with van der Waals surface area (Å²) in [6.07, 6.45) is 1.91. The number of hydrogen-bond acceptors (Lipinski definition) is 2. The van der Waals surface area contributed by atoms with Crippen LogP contribution in [0.4, 0.5) is 5.69 Å². The molecular formula is C10H8N2O2. The van der Waals surface area contributed by atoms with Crippen LogP contribution in [0.25, 0.3) is 10.9 Å². The van der Waals surface area contributed by atoms with Crippen molar-refractivity contribution in [1.29, 1.82) is 0 Å². The third kappa shape index (κ3) is 1.37. The Morgan fingerprint density at radius 3 is 2.93 bits per heavy atom. The van der Waals surface area contributed by atoms with E-state index >= 15 is 0 Å². The SMILES string of the molecule is O=CC(=O)Nc1c[nH]c2ccccc12. The van der Waals surface area contributed by atoms with Gasteiger partial charge in [0, 0.05) is 17.1 Å². The van der Waals surface area contributed by atoms with Crippen LogP contribution in [-0.4, -0.2) is 17.2 Å². The smallest absolute Gasteiger partial charge is 0.288 e. The number of carbonyl (C=O) groups is 2. The Hall–Kier alpha value is -2.10. The van der Waals surface area contributed by atoms with E-state index in [4.69, 9.17) is 0 Å². The third-order valence-electron chi connectivity index (χ3n) is 1.95. The van der Waals surface area contributed by atoms with Crippen LogP contribution in [0.2, 0.25) is 0 Å². The van der Waals surface area contributed by atoms with Crippen molar-refractivity contribution in [2.24, 2.45) is 0 Å². The number of para-hydroxylation sites is 1. The lowest BCUT2D eigenvalue weighted by Crippen LogP contribution is -2.11. The molecule has 2 aromatic rings. The number of aromatic nitrogens is 1. The molecule has 4 heteroatoms. The number of fused-ring (bicyclic) bond motifs is 1. The lowest BCUT2D eigenvalue weighted by atomic mass is 10.2. The Labute approximate surface area is 79.9 Å². The van der Waals surface area contributed by atoms with Crippen LogP contribution in [0, 0.1) is 0 Å². The fourth-order valence-corrected chi connectivity index (χ4v) is 1.34. The van der Waals surface area contributed by atoms with E-state index in [1.807, 2.05) is 24.3 Å². The highest BCUT2D eigenvalue weighted by Crippen LogP contribution is 2.21. The van der Waals surface area contributed by atoms with Crippen LogP contribution in [0.15, 0.2) is 30.5 Å².